The second-order valence-corrected chi connectivity index (χ2v) is 7.27. The van der Waals surface area contributed by atoms with Crippen LogP contribution in [-0.2, 0) is 4.79 Å². The molecule has 3 rings (SSSR count). The first-order valence-electron chi connectivity index (χ1n) is 7.98. The van der Waals surface area contributed by atoms with Crippen molar-refractivity contribution < 1.29 is 4.79 Å². The number of carbonyl (C=O) groups excluding carboxylic acids is 1. The molecule has 0 bridgehead atoms. The van der Waals surface area contributed by atoms with Gasteiger partial charge >= 0.3 is 0 Å². The molecule has 5 nitrogen and oxygen atoms in total. The summed E-state index contributed by atoms with van der Waals surface area (Å²) < 4.78 is 1.76. The quantitative estimate of drug-likeness (QED) is 0.602. The summed E-state index contributed by atoms with van der Waals surface area (Å²) >= 11 is 13.7. The van der Waals surface area contributed by atoms with Gasteiger partial charge in [0.25, 0.3) is 0 Å². The van der Waals surface area contributed by atoms with Crippen LogP contribution in [0.3, 0.4) is 0 Å². The molecule has 1 N–H and O–H groups in total. The van der Waals surface area contributed by atoms with Crippen LogP contribution in [0.2, 0.25) is 10.0 Å². The molecule has 0 aliphatic heterocycles. The zero-order valence-electron chi connectivity index (χ0n) is 14.6. The SMILES string of the molecule is CN=c1scc(-c2ccc(Cl)c(Cl)c2)n1/N=C/c1ccc(NC(C)=O)cc1. The van der Waals surface area contributed by atoms with Crippen LogP contribution in [0, 0.1) is 0 Å². The van der Waals surface area contributed by atoms with Crippen LogP contribution in [0.4, 0.5) is 5.69 Å². The number of hydrogen-bond acceptors (Lipinski definition) is 4. The second-order valence-electron chi connectivity index (χ2n) is 5.62. The van der Waals surface area contributed by atoms with E-state index >= 15 is 0 Å². The van der Waals surface area contributed by atoms with Crippen LogP contribution in [0.5, 0.6) is 0 Å². The van der Waals surface area contributed by atoms with E-state index in [0.717, 1.165) is 27.3 Å². The van der Waals surface area contributed by atoms with Crippen molar-refractivity contribution in [2.45, 2.75) is 6.92 Å². The highest BCUT2D eigenvalue weighted by atomic mass is 35.5. The van der Waals surface area contributed by atoms with E-state index in [2.05, 4.69) is 15.4 Å². The van der Waals surface area contributed by atoms with Gasteiger partial charge in [-0.3, -0.25) is 9.79 Å². The third-order valence-electron chi connectivity index (χ3n) is 3.65. The molecule has 0 aliphatic rings. The van der Waals surface area contributed by atoms with E-state index in [1.807, 2.05) is 35.7 Å². The summed E-state index contributed by atoms with van der Waals surface area (Å²) in [5.74, 6) is -0.106. The molecule has 0 atom stereocenters. The summed E-state index contributed by atoms with van der Waals surface area (Å²) in [7, 11) is 1.72. The number of anilines is 1. The monoisotopic (exact) mass is 418 g/mol. The molecule has 27 heavy (non-hydrogen) atoms. The minimum absolute atomic E-state index is 0.106. The molecule has 0 aliphatic carbocycles. The largest absolute Gasteiger partial charge is 0.326 e. The Morgan fingerprint density at radius 1 is 1.15 bits per heavy atom. The third kappa shape index (κ3) is 4.66. The van der Waals surface area contributed by atoms with Gasteiger partial charge in [-0.15, -0.1) is 11.3 Å². The lowest BCUT2D eigenvalue weighted by molar-refractivity contribution is -0.114. The van der Waals surface area contributed by atoms with E-state index in [1.165, 1.54) is 18.3 Å². The maximum absolute atomic E-state index is 11.1. The molecule has 2 aromatic carbocycles. The highest BCUT2D eigenvalue weighted by Crippen LogP contribution is 2.28. The number of carbonyl (C=O) groups is 1. The summed E-state index contributed by atoms with van der Waals surface area (Å²) in [5.41, 5.74) is 3.40. The summed E-state index contributed by atoms with van der Waals surface area (Å²) in [4.78, 5) is 16.1. The number of nitrogens with zero attached hydrogens (tertiary/aromatic N) is 3. The molecule has 0 saturated carbocycles. The molecule has 138 valence electrons. The van der Waals surface area contributed by atoms with Gasteiger partial charge in [0, 0.05) is 30.6 Å². The minimum Gasteiger partial charge on any atom is -0.326 e. The van der Waals surface area contributed by atoms with Crippen LogP contribution in [0.25, 0.3) is 11.3 Å². The summed E-state index contributed by atoms with van der Waals surface area (Å²) in [6, 6.07) is 12.9. The van der Waals surface area contributed by atoms with Gasteiger partial charge in [0.05, 0.1) is 22.0 Å². The zero-order valence-corrected chi connectivity index (χ0v) is 16.9. The Bertz CT molecular complexity index is 1070. The van der Waals surface area contributed by atoms with Crippen LogP contribution in [0.15, 0.2) is 57.9 Å². The van der Waals surface area contributed by atoms with Crippen LogP contribution in [0.1, 0.15) is 12.5 Å². The first kappa shape index (κ1) is 19.4. The molecule has 0 radical (unpaired) electrons. The van der Waals surface area contributed by atoms with Crippen molar-refractivity contribution in [3.05, 3.63) is 68.3 Å². The number of aromatic nitrogens is 1. The molecule has 1 heterocycles. The molecule has 0 fully saturated rings. The molecule has 3 aromatic rings. The molecular formula is C19H16Cl2N4OS. The Morgan fingerprint density at radius 2 is 1.89 bits per heavy atom. The number of rotatable bonds is 4. The Balaban J connectivity index is 1.94. The Kier molecular flexibility index (Phi) is 6.11. The van der Waals surface area contributed by atoms with Crippen LogP contribution < -0.4 is 10.1 Å². The number of thiazole rings is 1. The van der Waals surface area contributed by atoms with E-state index < -0.39 is 0 Å². The fourth-order valence-electron chi connectivity index (χ4n) is 2.40. The topological polar surface area (TPSA) is 58.8 Å². The van der Waals surface area contributed by atoms with Crippen molar-refractivity contribution in [1.82, 2.24) is 4.68 Å². The van der Waals surface area contributed by atoms with Crippen molar-refractivity contribution in [1.29, 1.82) is 0 Å². The highest BCUT2D eigenvalue weighted by molar-refractivity contribution is 7.07. The number of benzene rings is 2. The molecule has 0 spiro atoms. The summed E-state index contributed by atoms with van der Waals surface area (Å²) in [6.07, 6.45) is 1.74. The number of amides is 1. The second kappa shape index (κ2) is 8.52. The Hall–Kier alpha value is -2.41. The molecule has 0 unspecified atom stereocenters. The standard InChI is InChI=1S/C19H16Cl2N4OS/c1-12(26)24-15-6-3-13(4-7-15)10-23-25-18(11-27-19(25)22-2)14-5-8-16(20)17(21)9-14/h3-11H,1-2H3,(H,24,26)/b22-19?,23-10+. The fraction of sp³-hybridized carbons (Fsp3) is 0.105. The van der Waals surface area contributed by atoms with E-state index in [1.54, 1.807) is 30.1 Å². The van der Waals surface area contributed by atoms with Crippen molar-refractivity contribution in [2.24, 2.45) is 10.1 Å². The van der Waals surface area contributed by atoms with Gasteiger partial charge in [-0.2, -0.15) is 5.10 Å². The van der Waals surface area contributed by atoms with E-state index in [-0.39, 0.29) is 5.91 Å². The predicted molar refractivity (Wildman–Crippen MR) is 113 cm³/mol. The summed E-state index contributed by atoms with van der Waals surface area (Å²) in [5, 5.41) is 10.3. The average Bonchev–Trinajstić information content (AvgIpc) is 3.06. The third-order valence-corrected chi connectivity index (χ3v) is 5.29. The highest BCUT2D eigenvalue weighted by Gasteiger charge is 2.09. The maximum atomic E-state index is 11.1. The lowest BCUT2D eigenvalue weighted by Crippen LogP contribution is -2.11. The van der Waals surface area contributed by atoms with Crippen LogP contribution in [-0.4, -0.2) is 23.8 Å². The minimum atomic E-state index is -0.106. The smallest absolute Gasteiger partial charge is 0.221 e. The first-order valence-corrected chi connectivity index (χ1v) is 9.62. The van der Waals surface area contributed by atoms with E-state index in [0.29, 0.717) is 10.0 Å². The maximum Gasteiger partial charge on any atom is 0.221 e. The predicted octanol–water partition coefficient (Wildman–Crippen LogP) is 4.89. The molecule has 8 heteroatoms. The number of halogens is 2. The fourth-order valence-corrected chi connectivity index (χ4v) is 3.50. The Morgan fingerprint density at radius 3 is 2.52 bits per heavy atom. The van der Waals surface area contributed by atoms with Gasteiger partial charge in [0.2, 0.25) is 10.7 Å². The van der Waals surface area contributed by atoms with Gasteiger partial charge in [-0.05, 0) is 29.8 Å². The van der Waals surface area contributed by atoms with Gasteiger partial charge < -0.3 is 5.32 Å². The lowest BCUT2D eigenvalue weighted by atomic mass is 10.2. The van der Waals surface area contributed by atoms with E-state index in [4.69, 9.17) is 23.2 Å². The van der Waals surface area contributed by atoms with Crippen molar-refractivity contribution >= 4 is 52.3 Å². The van der Waals surface area contributed by atoms with Gasteiger partial charge in [0.1, 0.15) is 0 Å². The van der Waals surface area contributed by atoms with Crippen molar-refractivity contribution in [3.63, 3.8) is 0 Å². The molecule has 0 saturated heterocycles. The summed E-state index contributed by atoms with van der Waals surface area (Å²) in [6.45, 7) is 1.48. The van der Waals surface area contributed by atoms with Gasteiger partial charge in [0.15, 0.2) is 0 Å². The molecule has 1 aromatic heterocycles. The van der Waals surface area contributed by atoms with E-state index in [9.17, 15) is 4.79 Å². The van der Waals surface area contributed by atoms with Crippen molar-refractivity contribution in [3.8, 4) is 11.3 Å². The number of nitrogens with one attached hydrogen (secondary N) is 1. The van der Waals surface area contributed by atoms with Crippen molar-refractivity contribution in [2.75, 3.05) is 12.4 Å². The van der Waals surface area contributed by atoms with Gasteiger partial charge in [-0.1, -0.05) is 41.4 Å². The zero-order chi connectivity index (χ0) is 19.4. The average molecular weight is 419 g/mol. The van der Waals surface area contributed by atoms with Gasteiger partial charge in [-0.25, -0.2) is 4.68 Å². The normalized spacial score (nSPS) is 11.9. The first-order chi connectivity index (χ1) is 13.0. The van der Waals surface area contributed by atoms with Crippen LogP contribution >= 0.6 is 34.5 Å². The Labute approximate surface area is 170 Å². The number of hydrogen-bond donors (Lipinski definition) is 1. The molecule has 1 amide bonds. The molecular weight excluding hydrogens is 403 g/mol. The lowest BCUT2D eigenvalue weighted by Gasteiger charge is -2.05.